The Hall–Kier alpha value is -3.11. The first-order valence-corrected chi connectivity index (χ1v) is 9.78. The van der Waals surface area contributed by atoms with Crippen molar-refractivity contribution < 1.29 is 14.3 Å². The molecule has 28 heavy (non-hydrogen) atoms. The molecule has 1 fully saturated rings. The Morgan fingerprint density at radius 3 is 3.04 bits per heavy atom. The number of hydrogen-bond acceptors (Lipinski definition) is 6. The van der Waals surface area contributed by atoms with Crippen molar-refractivity contribution in [3.63, 3.8) is 0 Å². The standard InChI is InChI=1S/C21H19N3O3S/c1-13-23-17(12-28-13)7-6-14-8-16(11-22-10-14)19-20(27-21(25)24-19)15-4-3-5-18(9-15)26-2/h3-5,9-12,16,19-20H,8H2,1-2H3,(H,24,25)/t16?,19-,20-/m0/s1. The summed E-state index contributed by atoms with van der Waals surface area (Å²) < 4.78 is 10.8. The van der Waals surface area contributed by atoms with Gasteiger partial charge < -0.3 is 14.8 Å². The van der Waals surface area contributed by atoms with Crippen LogP contribution in [-0.4, -0.2) is 30.4 Å². The molecule has 3 atom stereocenters. The van der Waals surface area contributed by atoms with Gasteiger partial charge in [0.2, 0.25) is 0 Å². The van der Waals surface area contributed by atoms with Crippen molar-refractivity contribution >= 4 is 23.6 Å². The average Bonchev–Trinajstić information content (AvgIpc) is 3.32. The molecule has 0 saturated carbocycles. The first kappa shape index (κ1) is 18.3. The monoisotopic (exact) mass is 393 g/mol. The molecule has 2 aliphatic heterocycles. The Labute approximate surface area is 167 Å². The highest BCUT2D eigenvalue weighted by molar-refractivity contribution is 7.09. The molecule has 2 aliphatic rings. The van der Waals surface area contributed by atoms with Gasteiger partial charge in [-0.1, -0.05) is 18.1 Å². The molecule has 4 rings (SSSR count). The lowest BCUT2D eigenvalue weighted by molar-refractivity contribution is 0.128. The lowest BCUT2D eigenvalue weighted by atomic mass is 9.86. The van der Waals surface area contributed by atoms with E-state index in [9.17, 15) is 4.79 Å². The third kappa shape index (κ3) is 3.92. The van der Waals surface area contributed by atoms with Crippen molar-refractivity contribution in [2.45, 2.75) is 25.5 Å². The van der Waals surface area contributed by atoms with Gasteiger partial charge in [-0.2, -0.15) is 0 Å². The van der Waals surface area contributed by atoms with Crippen molar-refractivity contribution in [2.75, 3.05) is 7.11 Å². The van der Waals surface area contributed by atoms with Gasteiger partial charge in [0.25, 0.3) is 0 Å². The minimum Gasteiger partial charge on any atom is -0.497 e. The van der Waals surface area contributed by atoms with E-state index in [1.54, 1.807) is 24.6 Å². The van der Waals surface area contributed by atoms with E-state index in [1.807, 2.05) is 42.8 Å². The maximum atomic E-state index is 12.0. The number of rotatable bonds is 3. The Morgan fingerprint density at radius 2 is 2.25 bits per heavy atom. The van der Waals surface area contributed by atoms with Crippen molar-refractivity contribution in [3.05, 3.63) is 57.7 Å². The minimum atomic E-state index is -0.425. The van der Waals surface area contributed by atoms with Crippen LogP contribution in [0.3, 0.4) is 0 Å². The van der Waals surface area contributed by atoms with Crippen LogP contribution in [0.15, 0.2) is 46.4 Å². The van der Waals surface area contributed by atoms with Gasteiger partial charge in [-0.25, -0.2) is 9.78 Å². The second kappa shape index (κ2) is 7.87. The summed E-state index contributed by atoms with van der Waals surface area (Å²) in [7, 11) is 1.61. The van der Waals surface area contributed by atoms with Crippen LogP contribution < -0.4 is 10.1 Å². The SMILES string of the molecule is COc1cccc([C@@H]2OC(=O)N[C@H]2C2C=NC=C(C#Cc3csc(C)n3)C2)c1. The van der Waals surface area contributed by atoms with E-state index < -0.39 is 12.2 Å². The Kier molecular flexibility index (Phi) is 5.13. The first-order valence-electron chi connectivity index (χ1n) is 8.90. The van der Waals surface area contributed by atoms with E-state index >= 15 is 0 Å². The van der Waals surface area contributed by atoms with Gasteiger partial charge >= 0.3 is 6.09 Å². The van der Waals surface area contributed by atoms with Crippen LogP contribution in [0, 0.1) is 24.7 Å². The summed E-state index contributed by atoms with van der Waals surface area (Å²) in [5, 5.41) is 5.86. The molecule has 3 heterocycles. The number of methoxy groups -OCH3 is 1. The van der Waals surface area contributed by atoms with Crippen LogP contribution in [-0.2, 0) is 4.74 Å². The molecule has 0 spiro atoms. The number of carbonyl (C=O) groups excluding carboxylic acids is 1. The van der Waals surface area contributed by atoms with E-state index in [0.29, 0.717) is 6.42 Å². The molecule has 1 unspecified atom stereocenters. The summed E-state index contributed by atoms with van der Waals surface area (Å²) in [5.41, 5.74) is 2.56. The van der Waals surface area contributed by atoms with Crippen LogP contribution in [0.1, 0.15) is 28.8 Å². The number of nitrogens with one attached hydrogen (secondary N) is 1. The number of alkyl carbamates (subject to hydrolysis) is 1. The number of nitrogens with zero attached hydrogens (tertiary/aromatic N) is 2. The van der Waals surface area contributed by atoms with Gasteiger partial charge in [-0.05, 0) is 37.0 Å². The smallest absolute Gasteiger partial charge is 0.408 e. The molecule has 1 aromatic heterocycles. The molecular weight excluding hydrogens is 374 g/mol. The maximum absolute atomic E-state index is 12.0. The van der Waals surface area contributed by atoms with E-state index in [4.69, 9.17) is 9.47 Å². The van der Waals surface area contributed by atoms with Gasteiger partial charge in [0, 0.05) is 29.3 Å². The molecule has 1 amide bonds. The minimum absolute atomic E-state index is 0.0193. The zero-order valence-electron chi connectivity index (χ0n) is 15.5. The van der Waals surface area contributed by atoms with Crippen molar-refractivity contribution in [2.24, 2.45) is 10.9 Å². The number of benzene rings is 1. The normalized spacial score (nSPS) is 23.3. The number of amides is 1. The molecule has 1 N–H and O–H groups in total. The predicted octanol–water partition coefficient (Wildman–Crippen LogP) is 3.64. The summed E-state index contributed by atoms with van der Waals surface area (Å²) in [6, 6.07) is 7.34. The zero-order chi connectivity index (χ0) is 19.5. The predicted molar refractivity (Wildman–Crippen MR) is 108 cm³/mol. The number of thiazole rings is 1. The van der Waals surface area contributed by atoms with Crippen molar-refractivity contribution in [1.29, 1.82) is 0 Å². The van der Waals surface area contributed by atoms with E-state index in [2.05, 4.69) is 27.1 Å². The molecule has 6 nitrogen and oxygen atoms in total. The Balaban J connectivity index is 1.52. The Morgan fingerprint density at radius 1 is 1.36 bits per heavy atom. The summed E-state index contributed by atoms with van der Waals surface area (Å²) in [6.07, 6.45) is 3.46. The van der Waals surface area contributed by atoms with Crippen LogP contribution in [0.25, 0.3) is 0 Å². The van der Waals surface area contributed by atoms with Crippen LogP contribution in [0.5, 0.6) is 5.75 Å². The molecule has 7 heteroatoms. The van der Waals surface area contributed by atoms with E-state index in [0.717, 1.165) is 27.6 Å². The molecule has 0 bridgehead atoms. The summed E-state index contributed by atoms with van der Waals surface area (Å²) >= 11 is 1.58. The average molecular weight is 393 g/mol. The highest BCUT2D eigenvalue weighted by Gasteiger charge is 2.40. The Bertz CT molecular complexity index is 1020. The lowest BCUT2D eigenvalue weighted by Gasteiger charge is -2.25. The zero-order valence-corrected chi connectivity index (χ0v) is 16.3. The second-order valence-electron chi connectivity index (χ2n) is 6.59. The van der Waals surface area contributed by atoms with Crippen molar-refractivity contribution in [3.8, 4) is 17.6 Å². The highest BCUT2D eigenvalue weighted by atomic mass is 32.1. The topological polar surface area (TPSA) is 72.8 Å². The fourth-order valence-electron chi connectivity index (χ4n) is 3.33. The molecule has 1 saturated heterocycles. The molecule has 1 aromatic carbocycles. The quantitative estimate of drug-likeness (QED) is 0.808. The fraction of sp³-hybridized carbons (Fsp3) is 0.286. The number of aliphatic imine (C=N–C) groups is 1. The first-order chi connectivity index (χ1) is 13.6. The summed E-state index contributed by atoms with van der Waals surface area (Å²) in [4.78, 5) is 20.7. The van der Waals surface area contributed by atoms with Crippen LogP contribution in [0.4, 0.5) is 4.79 Å². The summed E-state index contributed by atoms with van der Waals surface area (Å²) in [6.45, 7) is 1.96. The maximum Gasteiger partial charge on any atom is 0.408 e. The van der Waals surface area contributed by atoms with Gasteiger partial charge in [0.05, 0.1) is 18.2 Å². The van der Waals surface area contributed by atoms with Gasteiger partial charge in [0.1, 0.15) is 17.5 Å². The highest BCUT2D eigenvalue weighted by Crippen LogP contribution is 2.34. The third-order valence-electron chi connectivity index (χ3n) is 4.66. The van der Waals surface area contributed by atoms with Crippen molar-refractivity contribution in [1.82, 2.24) is 10.3 Å². The number of hydrogen-bond donors (Lipinski definition) is 1. The van der Waals surface area contributed by atoms with Crippen LogP contribution >= 0.6 is 11.3 Å². The van der Waals surface area contributed by atoms with Gasteiger partial charge in [-0.15, -0.1) is 11.3 Å². The molecule has 0 radical (unpaired) electrons. The molecular formula is C21H19N3O3S. The number of aryl methyl sites for hydroxylation is 1. The van der Waals surface area contributed by atoms with E-state index in [1.165, 1.54) is 0 Å². The van der Waals surface area contributed by atoms with Gasteiger partial charge in [-0.3, -0.25) is 4.99 Å². The molecule has 2 aromatic rings. The third-order valence-corrected chi connectivity index (χ3v) is 5.44. The fourth-order valence-corrected chi connectivity index (χ4v) is 3.88. The number of carbonyl (C=O) groups is 1. The molecule has 0 aliphatic carbocycles. The van der Waals surface area contributed by atoms with E-state index in [-0.39, 0.29) is 12.0 Å². The molecule has 142 valence electrons. The number of allylic oxidation sites excluding steroid dienone is 1. The largest absolute Gasteiger partial charge is 0.497 e. The number of cyclic esters (lactones) is 1. The van der Waals surface area contributed by atoms with Gasteiger partial charge in [0.15, 0.2) is 0 Å². The summed E-state index contributed by atoms with van der Waals surface area (Å²) in [5.74, 6) is 6.95. The number of ether oxygens (including phenoxy) is 2. The second-order valence-corrected chi connectivity index (χ2v) is 7.66. The lowest BCUT2D eigenvalue weighted by Crippen LogP contribution is -2.37. The van der Waals surface area contributed by atoms with Crippen LogP contribution in [0.2, 0.25) is 0 Å². The number of aromatic nitrogens is 1.